The zero-order valence-corrected chi connectivity index (χ0v) is 21.3. The Morgan fingerprint density at radius 3 is 2.42 bits per heavy atom. The van der Waals surface area contributed by atoms with E-state index >= 15 is 0 Å². The van der Waals surface area contributed by atoms with Crippen LogP contribution >= 0.6 is 11.8 Å². The van der Waals surface area contributed by atoms with E-state index in [1.54, 1.807) is 28.8 Å². The van der Waals surface area contributed by atoms with Crippen LogP contribution in [0.25, 0.3) is 0 Å². The largest absolute Gasteiger partial charge is 0.325 e. The quantitative estimate of drug-likeness (QED) is 0.439. The molecule has 0 aliphatic heterocycles. The third kappa shape index (κ3) is 6.03. The van der Waals surface area contributed by atoms with E-state index in [4.69, 9.17) is 0 Å². The van der Waals surface area contributed by atoms with Crippen molar-refractivity contribution in [1.82, 2.24) is 14.8 Å². The van der Waals surface area contributed by atoms with Crippen molar-refractivity contribution in [3.63, 3.8) is 0 Å². The summed E-state index contributed by atoms with van der Waals surface area (Å²) in [4.78, 5) is 12.9. The molecule has 1 N–H and O–H groups in total. The summed E-state index contributed by atoms with van der Waals surface area (Å²) in [6.45, 7) is 10.5. The number of benzene rings is 2. The summed E-state index contributed by atoms with van der Waals surface area (Å²) >= 11 is 1.25. The second-order valence-corrected chi connectivity index (χ2v) is 11.2. The normalized spacial score (nSPS) is 11.7. The molecule has 0 radical (unpaired) electrons. The maximum atomic E-state index is 12.8. The Labute approximate surface area is 199 Å². The number of aromatic nitrogens is 3. The SMILES string of the molecule is CCn1c(CS(=O)(=O)c2ccc(C)cc2)nnc1SCC(=O)Nc1c(C)cccc1C(C)C. The van der Waals surface area contributed by atoms with Gasteiger partial charge in [-0.15, -0.1) is 10.2 Å². The van der Waals surface area contributed by atoms with Gasteiger partial charge in [-0.1, -0.05) is 61.5 Å². The standard InChI is InChI=1S/C24H30N4O3S2/c1-6-28-21(15-33(30,31)19-12-10-17(4)11-13-19)26-27-24(28)32-14-22(29)25-23-18(5)8-7-9-20(23)16(2)3/h7-13,16H,6,14-15H2,1-5H3,(H,25,29). The molecule has 9 heteroatoms. The number of anilines is 1. The van der Waals surface area contributed by atoms with E-state index in [0.717, 1.165) is 22.4 Å². The molecule has 1 heterocycles. The van der Waals surface area contributed by atoms with Crippen molar-refractivity contribution in [2.75, 3.05) is 11.1 Å². The van der Waals surface area contributed by atoms with Crippen LogP contribution in [0.3, 0.4) is 0 Å². The molecule has 0 aliphatic carbocycles. The summed E-state index contributed by atoms with van der Waals surface area (Å²) in [5.74, 6) is 0.408. The van der Waals surface area contributed by atoms with Crippen molar-refractivity contribution in [3.05, 3.63) is 65.0 Å². The van der Waals surface area contributed by atoms with Crippen LogP contribution in [-0.4, -0.2) is 34.8 Å². The van der Waals surface area contributed by atoms with E-state index in [2.05, 4.69) is 29.4 Å². The first-order chi connectivity index (χ1) is 15.6. The van der Waals surface area contributed by atoms with E-state index in [1.165, 1.54) is 11.8 Å². The average molecular weight is 487 g/mol. The Morgan fingerprint density at radius 2 is 1.79 bits per heavy atom. The Balaban J connectivity index is 1.71. The topological polar surface area (TPSA) is 93.9 Å². The summed E-state index contributed by atoms with van der Waals surface area (Å²) in [6, 6.07) is 12.7. The molecule has 0 spiro atoms. The van der Waals surface area contributed by atoms with Crippen LogP contribution in [0.2, 0.25) is 0 Å². The molecular formula is C24H30N4O3S2. The molecule has 0 atom stereocenters. The lowest BCUT2D eigenvalue weighted by Crippen LogP contribution is -2.17. The van der Waals surface area contributed by atoms with Crippen LogP contribution in [0, 0.1) is 13.8 Å². The Morgan fingerprint density at radius 1 is 1.09 bits per heavy atom. The van der Waals surface area contributed by atoms with E-state index in [-0.39, 0.29) is 28.2 Å². The van der Waals surface area contributed by atoms with Gasteiger partial charge >= 0.3 is 0 Å². The molecule has 3 aromatic rings. The fourth-order valence-corrected chi connectivity index (χ4v) is 5.59. The van der Waals surface area contributed by atoms with Gasteiger partial charge < -0.3 is 9.88 Å². The molecule has 0 fully saturated rings. The average Bonchev–Trinajstić information content (AvgIpc) is 3.14. The van der Waals surface area contributed by atoms with E-state index in [9.17, 15) is 13.2 Å². The first-order valence-corrected chi connectivity index (χ1v) is 13.5. The molecular weight excluding hydrogens is 456 g/mol. The molecule has 1 amide bonds. The van der Waals surface area contributed by atoms with Crippen LogP contribution in [0.1, 0.15) is 49.2 Å². The van der Waals surface area contributed by atoms with Gasteiger partial charge in [0.15, 0.2) is 15.0 Å². The van der Waals surface area contributed by atoms with Gasteiger partial charge in [0.05, 0.1) is 10.6 Å². The first-order valence-electron chi connectivity index (χ1n) is 10.9. The van der Waals surface area contributed by atoms with Gasteiger partial charge in [0.25, 0.3) is 0 Å². The third-order valence-electron chi connectivity index (χ3n) is 5.33. The molecule has 0 aliphatic rings. The van der Waals surface area contributed by atoms with Crippen molar-refractivity contribution < 1.29 is 13.2 Å². The summed E-state index contributed by atoms with van der Waals surface area (Å²) in [5.41, 5.74) is 3.95. The third-order valence-corrected chi connectivity index (χ3v) is 7.93. The predicted octanol–water partition coefficient (Wildman–Crippen LogP) is 4.74. The van der Waals surface area contributed by atoms with Crippen LogP contribution in [0.5, 0.6) is 0 Å². The molecule has 0 bridgehead atoms. The number of aryl methyl sites for hydroxylation is 2. The highest BCUT2D eigenvalue weighted by Gasteiger charge is 2.22. The van der Waals surface area contributed by atoms with Crippen LogP contribution in [-0.2, 0) is 26.9 Å². The lowest BCUT2D eigenvalue weighted by Gasteiger charge is -2.16. The number of amides is 1. The lowest BCUT2D eigenvalue weighted by molar-refractivity contribution is -0.113. The lowest BCUT2D eigenvalue weighted by atomic mass is 9.98. The van der Waals surface area contributed by atoms with Crippen LogP contribution < -0.4 is 5.32 Å². The van der Waals surface area contributed by atoms with Crippen molar-refractivity contribution >= 4 is 33.2 Å². The van der Waals surface area contributed by atoms with Gasteiger partial charge in [0, 0.05) is 12.2 Å². The molecule has 3 rings (SSSR count). The van der Waals surface area contributed by atoms with Crippen molar-refractivity contribution in [3.8, 4) is 0 Å². The second-order valence-electron chi connectivity index (χ2n) is 8.25. The maximum absolute atomic E-state index is 12.8. The van der Waals surface area contributed by atoms with Gasteiger partial charge in [0.1, 0.15) is 11.6 Å². The van der Waals surface area contributed by atoms with Crippen LogP contribution in [0.4, 0.5) is 5.69 Å². The zero-order valence-electron chi connectivity index (χ0n) is 19.6. The van der Waals surface area contributed by atoms with Gasteiger partial charge in [-0.25, -0.2) is 8.42 Å². The number of para-hydroxylation sites is 1. The van der Waals surface area contributed by atoms with Crippen LogP contribution in [0.15, 0.2) is 52.5 Å². The van der Waals surface area contributed by atoms with Gasteiger partial charge in [-0.3, -0.25) is 4.79 Å². The molecule has 0 unspecified atom stereocenters. The number of thioether (sulfide) groups is 1. The van der Waals surface area contributed by atoms with Crippen molar-refractivity contribution in [1.29, 1.82) is 0 Å². The molecule has 176 valence electrons. The molecule has 0 saturated heterocycles. The monoisotopic (exact) mass is 486 g/mol. The minimum atomic E-state index is -3.55. The molecule has 1 aromatic heterocycles. The first kappa shape index (κ1) is 25.0. The van der Waals surface area contributed by atoms with E-state index < -0.39 is 9.84 Å². The summed E-state index contributed by atoms with van der Waals surface area (Å²) < 4.78 is 27.4. The van der Waals surface area contributed by atoms with E-state index in [1.807, 2.05) is 39.0 Å². The number of carbonyl (C=O) groups is 1. The number of rotatable bonds is 9. The highest BCUT2D eigenvalue weighted by atomic mass is 32.2. The minimum Gasteiger partial charge on any atom is -0.325 e. The molecule has 0 saturated carbocycles. The highest BCUT2D eigenvalue weighted by molar-refractivity contribution is 7.99. The van der Waals surface area contributed by atoms with Gasteiger partial charge in [0.2, 0.25) is 5.91 Å². The molecule has 7 nitrogen and oxygen atoms in total. The highest BCUT2D eigenvalue weighted by Crippen LogP contribution is 2.28. The fourth-order valence-electron chi connectivity index (χ4n) is 3.50. The number of nitrogens with one attached hydrogen (secondary N) is 1. The Bertz CT molecular complexity index is 1230. The number of hydrogen-bond acceptors (Lipinski definition) is 6. The number of carbonyl (C=O) groups excluding carboxylic acids is 1. The smallest absolute Gasteiger partial charge is 0.234 e. The summed E-state index contributed by atoms with van der Waals surface area (Å²) in [7, 11) is -3.55. The Hall–Kier alpha value is -2.65. The summed E-state index contributed by atoms with van der Waals surface area (Å²) in [5, 5.41) is 11.8. The number of nitrogens with zero attached hydrogens (tertiary/aromatic N) is 3. The minimum absolute atomic E-state index is 0.143. The predicted molar refractivity (Wildman–Crippen MR) is 132 cm³/mol. The maximum Gasteiger partial charge on any atom is 0.234 e. The zero-order chi connectivity index (χ0) is 24.2. The Kier molecular flexibility index (Phi) is 7.97. The molecule has 33 heavy (non-hydrogen) atoms. The fraction of sp³-hybridized carbons (Fsp3) is 0.375. The van der Waals surface area contributed by atoms with Gasteiger partial charge in [-0.05, 0) is 49.9 Å². The van der Waals surface area contributed by atoms with Crippen molar-refractivity contribution in [2.24, 2.45) is 0 Å². The number of sulfone groups is 1. The van der Waals surface area contributed by atoms with E-state index in [0.29, 0.717) is 17.5 Å². The molecule has 2 aromatic carbocycles. The van der Waals surface area contributed by atoms with Crippen molar-refractivity contribution in [2.45, 2.75) is 62.9 Å². The second kappa shape index (κ2) is 10.5. The number of hydrogen-bond donors (Lipinski definition) is 1. The van der Waals surface area contributed by atoms with Gasteiger partial charge in [-0.2, -0.15) is 0 Å². The summed E-state index contributed by atoms with van der Waals surface area (Å²) in [6.07, 6.45) is 0.